The number of rotatable bonds is 6. The third-order valence-electron chi connectivity index (χ3n) is 3.50. The molecule has 0 amide bonds. The van der Waals surface area contributed by atoms with E-state index in [1.807, 2.05) is 0 Å². The van der Waals surface area contributed by atoms with Crippen LogP contribution < -0.4 is 4.74 Å². The zero-order chi connectivity index (χ0) is 15.9. The van der Waals surface area contributed by atoms with Crippen molar-refractivity contribution in [3.05, 3.63) is 29.3 Å². The Kier molecular flexibility index (Phi) is 5.91. The molecule has 0 saturated carbocycles. The molecule has 6 heteroatoms. The lowest BCUT2D eigenvalue weighted by Gasteiger charge is -2.27. The summed E-state index contributed by atoms with van der Waals surface area (Å²) in [6.45, 7) is 5.56. The van der Waals surface area contributed by atoms with Crippen molar-refractivity contribution < 1.29 is 23.8 Å². The van der Waals surface area contributed by atoms with Crippen LogP contribution in [0.25, 0.3) is 0 Å². The first-order chi connectivity index (χ1) is 10.7. The Balaban J connectivity index is 2.18. The number of carbonyl (C=O) groups excluding carboxylic acids is 2. The van der Waals surface area contributed by atoms with Gasteiger partial charge in [0.15, 0.2) is 0 Å². The minimum absolute atomic E-state index is 0.182. The molecule has 1 heterocycles. The molecule has 1 aliphatic heterocycles. The fourth-order valence-corrected chi connectivity index (χ4v) is 2.36. The van der Waals surface area contributed by atoms with Crippen LogP contribution in [0.15, 0.2) is 18.2 Å². The van der Waals surface area contributed by atoms with Crippen molar-refractivity contribution in [2.75, 3.05) is 40.0 Å². The molecule has 0 bridgehead atoms. The number of benzene rings is 1. The third kappa shape index (κ3) is 4.05. The SMILES string of the molecule is CCOC(=O)C(=O)c1ccc(OC)c(CN2CCOCC2)c1. The van der Waals surface area contributed by atoms with Crippen molar-refractivity contribution in [3.63, 3.8) is 0 Å². The number of morpholine rings is 1. The predicted octanol–water partition coefficient (Wildman–Crippen LogP) is 1.27. The second-order valence-corrected chi connectivity index (χ2v) is 4.96. The van der Waals surface area contributed by atoms with Gasteiger partial charge < -0.3 is 14.2 Å². The van der Waals surface area contributed by atoms with Crippen LogP contribution >= 0.6 is 0 Å². The Bertz CT molecular complexity index is 537. The Labute approximate surface area is 129 Å². The van der Waals surface area contributed by atoms with E-state index in [4.69, 9.17) is 14.2 Å². The first-order valence-electron chi connectivity index (χ1n) is 7.34. The quantitative estimate of drug-likeness (QED) is 0.448. The minimum atomic E-state index is -0.829. The molecular weight excluding hydrogens is 286 g/mol. The third-order valence-corrected chi connectivity index (χ3v) is 3.50. The van der Waals surface area contributed by atoms with E-state index in [9.17, 15) is 9.59 Å². The fourth-order valence-electron chi connectivity index (χ4n) is 2.36. The Morgan fingerprint density at radius 1 is 1.27 bits per heavy atom. The lowest BCUT2D eigenvalue weighted by Crippen LogP contribution is -2.35. The van der Waals surface area contributed by atoms with Gasteiger partial charge in [-0.2, -0.15) is 0 Å². The second-order valence-electron chi connectivity index (χ2n) is 4.96. The van der Waals surface area contributed by atoms with Crippen LogP contribution in [0.4, 0.5) is 0 Å². The van der Waals surface area contributed by atoms with Crippen LogP contribution in [0, 0.1) is 0 Å². The molecule has 1 saturated heterocycles. The molecule has 1 aromatic carbocycles. The lowest BCUT2D eigenvalue weighted by atomic mass is 10.1. The topological polar surface area (TPSA) is 65.1 Å². The van der Waals surface area contributed by atoms with Crippen LogP contribution in [0.3, 0.4) is 0 Å². The normalized spacial score (nSPS) is 15.4. The number of nitrogens with zero attached hydrogens (tertiary/aromatic N) is 1. The van der Waals surface area contributed by atoms with E-state index in [0.29, 0.717) is 31.1 Å². The number of carbonyl (C=O) groups is 2. The number of methoxy groups -OCH3 is 1. The van der Waals surface area contributed by atoms with E-state index in [-0.39, 0.29) is 6.61 Å². The monoisotopic (exact) mass is 307 g/mol. The van der Waals surface area contributed by atoms with E-state index in [0.717, 1.165) is 18.7 Å². The standard InChI is InChI=1S/C16H21NO5/c1-3-22-16(19)15(18)12-4-5-14(20-2)13(10-12)11-17-6-8-21-9-7-17/h4-5,10H,3,6-9,11H2,1-2H3. The summed E-state index contributed by atoms with van der Waals surface area (Å²) >= 11 is 0. The molecule has 2 rings (SSSR count). The smallest absolute Gasteiger partial charge is 0.379 e. The zero-order valence-electron chi connectivity index (χ0n) is 13.0. The molecule has 0 atom stereocenters. The van der Waals surface area contributed by atoms with Gasteiger partial charge in [0.2, 0.25) is 0 Å². The number of hydrogen-bond donors (Lipinski definition) is 0. The van der Waals surface area contributed by atoms with Crippen molar-refractivity contribution >= 4 is 11.8 Å². The first kappa shape index (κ1) is 16.5. The van der Waals surface area contributed by atoms with Crippen LogP contribution in [0.1, 0.15) is 22.8 Å². The molecule has 0 N–H and O–H groups in total. The van der Waals surface area contributed by atoms with Crippen LogP contribution in [-0.2, 0) is 20.8 Å². The fraction of sp³-hybridized carbons (Fsp3) is 0.500. The van der Waals surface area contributed by atoms with E-state index >= 15 is 0 Å². The van der Waals surface area contributed by atoms with Gasteiger partial charge in [-0.3, -0.25) is 9.69 Å². The van der Waals surface area contributed by atoms with E-state index < -0.39 is 11.8 Å². The second kappa shape index (κ2) is 7.91. The summed E-state index contributed by atoms with van der Waals surface area (Å²) in [7, 11) is 1.59. The molecule has 22 heavy (non-hydrogen) atoms. The van der Waals surface area contributed by atoms with Gasteiger partial charge in [-0.05, 0) is 25.1 Å². The summed E-state index contributed by atoms with van der Waals surface area (Å²) in [4.78, 5) is 25.8. The number of Topliss-reactive ketones (excluding diaryl/α,β-unsaturated/α-hetero) is 1. The molecule has 1 aliphatic rings. The average molecular weight is 307 g/mol. The molecule has 120 valence electrons. The molecule has 0 radical (unpaired) electrons. The highest BCUT2D eigenvalue weighted by molar-refractivity contribution is 6.40. The maximum atomic E-state index is 12.0. The van der Waals surface area contributed by atoms with Gasteiger partial charge in [-0.15, -0.1) is 0 Å². The minimum Gasteiger partial charge on any atom is -0.496 e. The van der Waals surface area contributed by atoms with Crippen LogP contribution in [-0.4, -0.2) is 56.7 Å². The summed E-state index contributed by atoms with van der Waals surface area (Å²) in [5.74, 6) is -0.760. The summed E-state index contributed by atoms with van der Waals surface area (Å²) in [5, 5.41) is 0. The highest BCUT2D eigenvalue weighted by Crippen LogP contribution is 2.22. The predicted molar refractivity (Wildman–Crippen MR) is 80.1 cm³/mol. The maximum Gasteiger partial charge on any atom is 0.379 e. The van der Waals surface area contributed by atoms with Gasteiger partial charge in [0.25, 0.3) is 5.78 Å². The van der Waals surface area contributed by atoms with Crippen molar-refractivity contribution in [3.8, 4) is 5.75 Å². The number of ether oxygens (including phenoxy) is 3. The summed E-state index contributed by atoms with van der Waals surface area (Å²) in [5.41, 5.74) is 1.20. The maximum absolute atomic E-state index is 12.0. The van der Waals surface area contributed by atoms with Gasteiger partial charge in [0.1, 0.15) is 5.75 Å². The molecule has 0 unspecified atom stereocenters. The van der Waals surface area contributed by atoms with E-state index in [2.05, 4.69) is 4.90 Å². The number of hydrogen-bond acceptors (Lipinski definition) is 6. The van der Waals surface area contributed by atoms with Gasteiger partial charge in [0.05, 0.1) is 26.9 Å². The van der Waals surface area contributed by atoms with Gasteiger partial charge in [-0.25, -0.2) is 4.79 Å². The molecule has 6 nitrogen and oxygen atoms in total. The summed E-state index contributed by atoms with van der Waals surface area (Å²) < 4.78 is 15.4. The number of ketones is 1. The van der Waals surface area contributed by atoms with Crippen molar-refractivity contribution in [2.45, 2.75) is 13.5 Å². The Hall–Kier alpha value is -1.92. The highest BCUT2D eigenvalue weighted by atomic mass is 16.5. The average Bonchev–Trinajstić information content (AvgIpc) is 2.55. The molecular formula is C16H21NO5. The molecule has 1 aromatic rings. The zero-order valence-corrected chi connectivity index (χ0v) is 13.0. The van der Waals surface area contributed by atoms with Gasteiger partial charge >= 0.3 is 5.97 Å². The van der Waals surface area contributed by atoms with E-state index in [1.165, 1.54) is 0 Å². The largest absolute Gasteiger partial charge is 0.496 e. The van der Waals surface area contributed by atoms with Crippen molar-refractivity contribution in [1.82, 2.24) is 4.90 Å². The van der Waals surface area contributed by atoms with E-state index in [1.54, 1.807) is 32.2 Å². The Morgan fingerprint density at radius 2 is 2.00 bits per heavy atom. The highest BCUT2D eigenvalue weighted by Gasteiger charge is 2.20. The van der Waals surface area contributed by atoms with Crippen molar-refractivity contribution in [2.24, 2.45) is 0 Å². The first-order valence-corrected chi connectivity index (χ1v) is 7.34. The summed E-state index contributed by atoms with van der Waals surface area (Å²) in [6, 6.07) is 5.00. The molecule has 0 spiro atoms. The number of esters is 1. The van der Waals surface area contributed by atoms with Crippen LogP contribution in [0.5, 0.6) is 5.75 Å². The van der Waals surface area contributed by atoms with Gasteiger partial charge in [0, 0.05) is 30.8 Å². The summed E-state index contributed by atoms with van der Waals surface area (Å²) in [6.07, 6.45) is 0. The molecule has 1 fully saturated rings. The Morgan fingerprint density at radius 3 is 2.64 bits per heavy atom. The lowest BCUT2D eigenvalue weighted by molar-refractivity contribution is -0.137. The van der Waals surface area contributed by atoms with Crippen LogP contribution in [0.2, 0.25) is 0 Å². The van der Waals surface area contributed by atoms with Crippen molar-refractivity contribution in [1.29, 1.82) is 0 Å². The molecule has 0 aliphatic carbocycles. The van der Waals surface area contributed by atoms with Gasteiger partial charge in [-0.1, -0.05) is 0 Å². The molecule has 0 aromatic heterocycles.